The molecule has 0 saturated carbocycles. The molecule has 0 heterocycles. The van der Waals surface area contributed by atoms with E-state index in [0.717, 1.165) is 0 Å². The SMILES string of the molecule is CCC(c1ccc(O)cc1)C(O)c1c(O)cccc1P(=O)(O)O. The molecule has 0 fully saturated rings. The number of aliphatic hydroxyl groups is 1. The molecule has 5 N–H and O–H groups in total. The number of aromatic hydroxyl groups is 2. The Labute approximate surface area is 133 Å². The van der Waals surface area contributed by atoms with Gasteiger partial charge in [0, 0.05) is 11.5 Å². The van der Waals surface area contributed by atoms with E-state index in [1.807, 2.05) is 6.92 Å². The van der Waals surface area contributed by atoms with Gasteiger partial charge in [0.1, 0.15) is 11.5 Å². The summed E-state index contributed by atoms with van der Waals surface area (Å²) < 4.78 is 11.6. The van der Waals surface area contributed by atoms with Crippen LogP contribution in [-0.2, 0) is 4.57 Å². The predicted molar refractivity (Wildman–Crippen MR) is 85.9 cm³/mol. The summed E-state index contributed by atoms with van der Waals surface area (Å²) in [7, 11) is -4.65. The first-order chi connectivity index (χ1) is 10.8. The molecular formula is C16H19O6P. The predicted octanol–water partition coefficient (Wildman–Crippen LogP) is 2.13. The van der Waals surface area contributed by atoms with Gasteiger partial charge in [-0.3, -0.25) is 4.57 Å². The molecule has 7 heteroatoms. The summed E-state index contributed by atoms with van der Waals surface area (Å²) in [6, 6.07) is 10.00. The normalized spacial score (nSPS) is 14.4. The van der Waals surface area contributed by atoms with E-state index in [9.17, 15) is 29.7 Å². The molecule has 0 radical (unpaired) electrons. The Balaban J connectivity index is 2.52. The molecule has 0 aliphatic carbocycles. The topological polar surface area (TPSA) is 118 Å². The maximum absolute atomic E-state index is 11.6. The van der Waals surface area contributed by atoms with Crippen LogP contribution in [0.15, 0.2) is 42.5 Å². The van der Waals surface area contributed by atoms with Crippen LogP contribution in [0.1, 0.15) is 36.5 Å². The van der Waals surface area contributed by atoms with Crippen molar-refractivity contribution in [3.8, 4) is 11.5 Å². The van der Waals surface area contributed by atoms with Crippen LogP contribution in [0.2, 0.25) is 0 Å². The van der Waals surface area contributed by atoms with E-state index in [1.165, 1.54) is 30.3 Å². The van der Waals surface area contributed by atoms with Crippen molar-refractivity contribution in [3.05, 3.63) is 53.6 Å². The highest BCUT2D eigenvalue weighted by Gasteiger charge is 2.31. The number of phenolic OH excluding ortho intramolecular Hbond substituents is 2. The zero-order chi connectivity index (χ0) is 17.2. The average Bonchev–Trinajstić information content (AvgIpc) is 2.48. The summed E-state index contributed by atoms with van der Waals surface area (Å²) in [6.07, 6.45) is -0.825. The van der Waals surface area contributed by atoms with Crippen molar-refractivity contribution >= 4 is 12.9 Å². The quantitative estimate of drug-likeness (QED) is 0.533. The summed E-state index contributed by atoms with van der Waals surface area (Å²) in [6.45, 7) is 1.82. The third-order valence-electron chi connectivity index (χ3n) is 3.81. The Bertz CT molecular complexity index is 722. The molecule has 0 aliphatic rings. The molecule has 2 aromatic rings. The summed E-state index contributed by atoms with van der Waals surface area (Å²) in [5, 5.41) is 29.6. The standard InChI is InChI=1S/C16H19O6P/c1-2-12(10-6-8-11(17)9-7-10)16(19)15-13(18)4-3-5-14(15)23(20,21)22/h3-9,12,16-19H,2H2,1H3,(H2,20,21,22). The first-order valence-electron chi connectivity index (χ1n) is 7.10. The van der Waals surface area contributed by atoms with Crippen LogP contribution in [0.3, 0.4) is 0 Å². The number of rotatable bonds is 5. The van der Waals surface area contributed by atoms with Gasteiger partial charge in [0.15, 0.2) is 0 Å². The number of aliphatic hydroxyl groups excluding tert-OH is 1. The zero-order valence-corrected chi connectivity index (χ0v) is 13.4. The molecule has 2 rings (SSSR count). The van der Waals surface area contributed by atoms with Gasteiger partial charge in [-0.2, -0.15) is 0 Å². The second-order valence-electron chi connectivity index (χ2n) is 5.31. The third-order valence-corrected chi connectivity index (χ3v) is 4.83. The number of hydrogen-bond acceptors (Lipinski definition) is 4. The molecule has 0 aromatic heterocycles. The lowest BCUT2D eigenvalue weighted by Gasteiger charge is -2.25. The van der Waals surface area contributed by atoms with E-state index < -0.39 is 19.6 Å². The zero-order valence-electron chi connectivity index (χ0n) is 12.5. The van der Waals surface area contributed by atoms with Gasteiger partial charge in [-0.25, -0.2) is 0 Å². The highest BCUT2D eigenvalue weighted by atomic mass is 31.2. The van der Waals surface area contributed by atoms with Gasteiger partial charge in [-0.15, -0.1) is 0 Å². The van der Waals surface area contributed by atoms with Gasteiger partial charge in [-0.05, 0) is 36.2 Å². The first-order valence-corrected chi connectivity index (χ1v) is 8.72. The highest BCUT2D eigenvalue weighted by Crippen LogP contribution is 2.43. The van der Waals surface area contributed by atoms with Crippen molar-refractivity contribution in [1.82, 2.24) is 0 Å². The molecule has 0 bridgehead atoms. The third kappa shape index (κ3) is 3.74. The number of hydrogen-bond donors (Lipinski definition) is 5. The van der Waals surface area contributed by atoms with Crippen molar-refractivity contribution in [3.63, 3.8) is 0 Å². The Morgan fingerprint density at radius 1 is 1.04 bits per heavy atom. The lowest BCUT2D eigenvalue weighted by atomic mass is 9.87. The summed E-state index contributed by atoms with van der Waals surface area (Å²) in [5.41, 5.74) is 0.526. The Hall–Kier alpha value is -1.85. The minimum atomic E-state index is -4.65. The van der Waals surface area contributed by atoms with E-state index in [-0.39, 0.29) is 22.4 Å². The van der Waals surface area contributed by atoms with Crippen molar-refractivity contribution < 1.29 is 29.7 Å². The average molecular weight is 338 g/mol. The molecule has 2 atom stereocenters. The van der Waals surface area contributed by atoms with Crippen molar-refractivity contribution in [2.24, 2.45) is 0 Å². The fourth-order valence-electron chi connectivity index (χ4n) is 2.66. The van der Waals surface area contributed by atoms with Crippen molar-refractivity contribution in [1.29, 1.82) is 0 Å². The lowest BCUT2D eigenvalue weighted by Crippen LogP contribution is -2.19. The molecule has 124 valence electrons. The van der Waals surface area contributed by atoms with Gasteiger partial charge < -0.3 is 25.1 Å². The van der Waals surface area contributed by atoms with Crippen LogP contribution in [0.4, 0.5) is 0 Å². The largest absolute Gasteiger partial charge is 0.508 e. The maximum atomic E-state index is 11.6. The fraction of sp³-hybridized carbons (Fsp3) is 0.250. The summed E-state index contributed by atoms with van der Waals surface area (Å²) in [5.74, 6) is -0.777. The minimum Gasteiger partial charge on any atom is -0.508 e. The second-order valence-corrected chi connectivity index (χ2v) is 6.87. The monoisotopic (exact) mass is 338 g/mol. The molecule has 23 heavy (non-hydrogen) atoms. The Morgan fingerprint density at radius 2 is 1.65 bits per heavy atom. The van der Waals surface area contributed by atoms with Gasteiger partial charge >= 0.3 is 7.60 Å². The molecule has 0 saturated heterocycles. The molecule has 0 amide bonds. The van der Waals surface area contributed by atoms with E-state index in [0.29, 0.717) is 12.0 Å². The highest BCUT2D eigenvalue weighted by molar-refractivity contribution is 7.60. The first kappa shape index (κ1) is 17.5. The Morgan fingerprint density at radius 3 is 2.17 bits per heavy atom. The van der Waals surface area contributed by atoms with E-state index >= 15 is 0 Å². The van der Waals surface area contributed by atoms with Crippen LogP contribution < -0.4 is 5.30 Å². The molecule has 0 aliphatic heterocycles. The molecule has 2 aromatic carbocycles. The van der Waals surface area contributed by atoms with Gasteiger partial charge in [0.25, 0.3) is 0 Å². The van der Waals surface area contributed by atoms with Crippen molar-refractivity contribution in [2.75, 3.05) is 0 Å². The summed E-state index contributed by atoms with van der Waals surface area (Å²) in [4.78, 5) is 18.9. The number of phenols is 2. The van der Waals surface area contributed by atoms with E-state index in [1.54, 1.807) is 12.1 Å². The van der Waals surface area contributed by atoms with Gasteiger partial charge in [0.2, 0.25) is 0 Å². The Kier molecular flexibility index (Phi) is 5.12. The molecule has 0 spiro atoms. The fourth-order valence-corrected chi connectivity index (χ4v) is 3.50. The van der Waals surface area contributed by atoms with E-state index in [2.05, 4.69) is 0 Å². The molecule has 2 unspecified atom stereocenters. The molecule has 6 nitrogen and oxygen atoms in total. The van der Waals surface area contributed by atoms with Crippen molar-refractivity contribution in [2.45, 2.75) is 25.4 Å². The smallest absolute Gasteiger partial charge is 0.356 e. The van der Waals surface area contributed by atoms with Crippen LogP contribution in [0.5, 0.6) is 11.5 Å². The lowest BCUT2D eigenvalue weighted by molar-refractivity contribution is 0.140. The second kappa shape index (κ2) is 6.72. The minimum absolute atomic E-state index is 0.0801. The van der Waals surface area contributed by atoms with Crippen LogP contribution in [-0.4, -0.2) is 25.1 Å². The maximum Gasteiger partial charge on any atom is 0.356 e. The molecular weight excluding hydrogens is 319 g/mol. The number of benzene rings is 2. The van der Waals surface area contributed by atoms with Gasteiger partial charge in [0.05, 0.1) is 11.4 Å². The van der Waals surface area contributed by atoms with Crippen LogP contribution in [0, 0.1) is 0 Å². The van der Waals surface area contributed by atoms with E-state index in [4.69, 9.17) is 0 Å². The van der Waals surface area contributed by atoms with Gasteiger partial charge in [-0.1, -0.05) is 25.1 Å². The van der Waals surface area contributed by atoms with Crippen LogP contribution >= 0.6 is 7.60 Å². The van der Waals surface area contributed by atoms with Crippen LogP contribution in [0.25, 0.3) is 0 Å². The summed E-state index contributed by atoms with van der Waals surface area (Å²) >= 11 is 0.